The van der Waals surface area contributed by atoms with Crippen molar-refractivity contribution < 1.29 is 9.47 Å². The summed E-state index contributed by atoms with van der Waals surface area (Å²) in [5.74, 6) is 5.58. The summed E-state index contributed by atoms with van der Waals surface area (Å²) in [7, 11) is 0. The predicted molar refractivity (Wildman–Crippen MR) is 66.0 cm³/mol. The fourth-order valence-corrected chi connectivity index (χ4v) is 6.98. The van der Waals surface area contributed by atoms with Gasteiger partial charge in [0.05, 0.1) is 23.4 Å². The Hall–Kier alpha value is -0.0800. The van der Waals surface area contributed by atoms with Crippen LogP contribution in [0.1, 0.15) is 39.5 Å². The Morgan fingerprint density at radius 3 is 1.39 bits per heavy atom. The Morgan fingerprint density at radius 1 is 0.667 bits per heavy atom. The molecule has 10 unspecified atom stereocenters. The minimum atomic E-state index is 0.323. The highest BCUT2D eigenvalue weighted by atomic mass is 16.6. The van der Waals surface area contributed by atoms with Gasteiger partial charge in [-0.2, -0.15) is 0 Å². The van der Waals surface area contributed by atoms with E-state index in [9.17, 15) is 0 Å². The molecule has 4 aliphatic carbocycles. The van der Waals surface area contributed by atoms with Gasteiger partial charge in [0.25, 0.3) is 0 Å². The molecule has 2 saturated heterocycles. The van der Waals surface area contributed by atoms with Crippen LogP contribution in [0.4, 0.5) is 0 Å². The second kappa shape index (κ2) is 2.44. The van der Waals surface area contributed by atoms with Gasteiger partial charge in [-0.1, -0.05) is 0 Å². The summed E-state index contributed by atoms with van der Waals surface area (Å²) in [5.41, 5.74) is 0.646. The molecule has 0 aromatic rings. The van der Waals surface area contributed by atoms with Crippen molar-refractivity contribution >= 4 is 0 Å². The van der Waals surface area contributed by atoms with Crippen molar-refractivity contribution in [2.45, 2.75) is 62.9 Å². The van der Waals surface area contributed by atoms with E-state index >= 15 is 0 Å². The first-order chi connectivity index (χ1) is 8.61. The van der Waals surface area contributed by atoms with Crippen molar-refractivity contribution in [3.63, 3.8) is 0 Å². The highest BCUT2D eigenvalue weighted by Crippen LogP contribution is 2.73. The second-order valence-electron chi connectivity index (χ2n) is 8.44. The first-order valence-corrected chi connectivity index (χ1v) is 7.97. The topological polar surface area (TPSA) is 25.1 Å². The van der Waals surface area contributed by atoms with Crippen LogP contribution in [0, 0.1) is 35.5 Å². The number of epoxide rings is 2. The average Bonchev–Trinajstić information content (AvgIpc) is 2.99. The van der Waals surface area contributed by atoms with Gasteiger partial charge in [-0.15, -0.1) is 0 Å². The van der Waals surface area contributed by atoms with Crippen molar-refractivity contribution in [2.24, 2.45) is 35.5 Å². The molecule has 10 atom stereocenters. The first-order valence-electron chi connectivity index (χ1n) is 7.97. The highest BCUT2D eigenvalue weighted by molar-refractivity contribution is 5.24. The van der Waals surface area contributed by atoms with Crippen molar-refractivity contribution in [1.29, 1.82) is 0 Å². The summed E-state index contributed by atoms with van der Waals surface area (Å²) < 4.78 is 12.0. The summed E-state index contributed by atoms with van der Waals surface area (Å²) in [6.07, 6.45) is 7.17. The maximum absolute atomic E-state index is 6.02. The van der Waals surface area contributed by atoms with Gasteiger partial charge in [0.15, 0.2) is 0 Å². The summed E-state index contributed by atoms with van der Waals surface area (Å²) in [5, 5.41) is 0. The van der Waals surface area contributed by atoms with Gasteiger partial charge in [-0.3, -0.25) is 0 Å². The fourth-order valence-electron chi connectivity index (χ4n) is 6.98. The lowest BCUT2D eigenvalue weighted by Crippen LogP contribution is -2.35. The second-order valence-corrected chi connectivity index (χ2v) is 8.44. The molecule has 2 heterocycles. The van der Waals surface area contributed by atoms with E-state index in [2.05, 4.69) is 13.8 Å². The molecule has 18 heavy (non-hydrogen) atoms. The van der Waals surface area contributed by atoms with Gasteiger partial charge < -0.3 is 9.47 Å². The number of rotatable bonds is 1. The zero-order valence-electron chi connectivity index (χ0n) is 11.3. The Bertz CT molecular complexity index is 420. The van der Waals surface area contributed by atoms with E-state index in [0.29, 0.717) is 23.4 Å². The molecule has 2 heteroatoms. The molecule has 0 spiro atoms. The molecule has 0 aromatic carbocycles. The molecule has 6 rings (SSSR count). The van der Waals surface area contributed by atoms with E-state index in [1.165, 1.54) is 25.7 Å². The lowest BCUT2D eigenvalue weighted by atomic mass is 9.69. The lowest BCUT2D eigenvalue weighted by Gasteiger charge is -2.33. The van der Waals surface area contributed by atoms with Crippen LogP contribution in [0.5, 0.6) is 0 Å². The normalized spacial score (nSPS) is 77.7. The van der Waals surface area contributed by atoms with E-state index in [0.717, 1.165) is 35.5 Å². The van der Waals surface area contributed by atoms with Crippen LogP contribution >= 0.6 is 0 Å². The molecule has 2 nitrogen and oxygen atoms in total. The van der Waals surface area contributed by atoms with Gasteiger partial charge in [-0.25, -0.2) is 0 Å². The largest absolute Gasteiger partial charge is 0.366 e. The monoisotopic (exact) mass is 246 g/mol. The Morgan fingerprint density at radius 2 is 1.06 bits per heavy atom. The fraction of sp³-hybridized carbons (Fsp3) is 1.00. The molecule has 98 valence electrons. The zero-order valence-corrected chi connectivity index (χ0v) is 11.3. The summed E-state index contributed by atoms with van der Waals surface area (Å²) in [4.78, 5) is 0. The Labute approximate surface area is 108 Å². The third-order valence-corrected chi connectivity index (χ3v) is 8.05. The average molecular weight is 246 g/mol. The Balaban J connectivity index is 1.31. The maximum Gasteiger partial charge on any atom is 0.0951 e. The summed E-state index contributed by atoms with van der Waals surface area (Å²) in [6.45, 7) is 4.72. The zero-order chi connectivity index (χ0) is 11.9. The molecule has 6 aliphatic rings. The molecule has 0 radical (unpaired) electrons. The van der Waals surface area contributed by atoms with Crippen LogP contribution in [0.15, 0.2) is 0 Å². The number of hydrogen-bond acceptors (Lipinski definition) is 2. The summed E-state index contributed by atoms with van der Waals surface area (Å²) in [6, 6.07) is 0. The molecule has 0 aromatic heterocycles. The molecule has 0 amide bonds. The van der Waals surface area contributed by atoms with Crippen LogP contribution in [-0.4, -0.2) is 23.4 Å². The third kappa shape index (κ3) is 0.816. The van der Waals surface area contributed by atoms with Gasteiger partial charge in [0.2, 0.25) is 0 Å². The number of ether oxygens (including phenoxy) is 2. The van der Waals surface area contributed by atoms with Gasteiger partial charge in [-0.05, 0) is 75.0 Å². The van der Waals surface area contributed by atoms with Gasteiger partial charge in [0.1, 0.15) is 0 Å². The third-order valence-electron chi connectivity index (χ3n) is 8.05. The predicted octanol–water partition coefficient (Wildman–Crippen LogP) is 2.61. The molecule has 6 fully saturated rings. The molecular formula is C16H22O2. The lowest BCUT2D eigenvalue weighted by molar-refractivity contribution is 0.158. The standard InChI is InChI=1S/C16H22O2/c1-15-7-3-9(11(5-7)13(15)17-15)10-4-8-6-12(10)14-16(8,2)18-14/h7-14H,3-6H2,1-2H3. The van der Waals surface area contributed by atoms with E-state index in [1.807, 2.05) is 0 Å². The quantitative estimate of drug-likeness (QED) is 0.664. The van der Waals surface area contributed by atoms with Crippen LogP contribution in [-0.2, 0) is 9.47 Å². The molecule has 2 aliphatic heterocycles. The molecule has 4 bridgehead atoms. The van der Waals surface area contributed by atoms with E-state index in [1.54, 1.807) is 0 Å². The molecule has 4 saturated carbocycles. The van der Waals surface area contributed by atoms with E-state index < -0.39 is 0 Å². The van der Waals surface area contributed by atoms with Crippen LogP contribution in [0.25, 0.3) is 0 Å². The smallest absolute Gasteiger partial charge is 0.0951 e. The SMILES string of the molecule is CC12OC1C1CC2CC1C1CC2CC1C1OC21C. The first kappa shape index (κ1) is 9.77. The van der Waals surface area contributed by atoms with Gasteiger partial charge in [0, 0.05) is 0 Å². The van der Waals surface area contributed by atoms with E-state index in [-0.39, 0.29) is 0 Å². The maximum atomic E-state index is 6.02. The van der Waals surface area contributed by atoms with Crippen LogP contribution in [0.3, 0.4) is 0 Å². The minimum Gasteiger partial charge on any atom is -0.366 e. The van der Waals surface area contributed by atoms with Crippen molar-refractivity contribution in [2.75, 3.05) is 0 Å². The number of fused-ring (bicyclic) bond motifs is 10. The molecular weight excluding hydrogens is 224 g/mol. The number of hydrogen-bond donors (Lipinski definition) is 0. The Kier molecular flexibility index (Phi) is 1.32. The van der Waals surface area contributed by atoms with Crippen molar-refractivity contribution in [1.82, 2.24) is 0 Å². The minimum absolute atomic E-state index is 0.323. The van der Waals surface area contributed by atoms with Crippen molar-refractivity contribution in [3.05, 3.63) is 0 Å². The van der Waals surface area contributed by atoms with Gasteiger partial charge >= 0.3 is 0 Å². The van der Waals surface area contributed by atoms with Crippen LogP contribution < -0.4 is 0 Å². The molecule has 0 N–H and O–H groups in total. The van der Waals surface area contributed by atoms with Crippen molar-refractivity contribution in [3.8, 4) is 0 Å². The highest BCUT2D eigenvalue weighted by Gasteiger charge is 2.76. The van der Waals surface area contributed by atoms with Crippen LogP contribution in [0.2, 0.25) is 0 Å². The van der Waals surface area contributed by atoms with E-state index in [4.69, 9.17) is 9.47 Å². The summed E-state index contributed by atoms with van der Waals surface area (Å²) >= 11 is 0.